The molecular weight excluding hydrogens is 344 g/mol. The molecule has 0 atom stereocenters. The Morgan fingerprint density at radius 1 is 1.26 bits per heavy atom. The normalized spacial score (nSPS) is 18.6. The summed E-state index contributed by atoms with van der Waals surface area (Å²) in [6.07, 6.45) is 3.42. The number of nitrogens with zero attached hydrogens (tertiary/aromatic N) is 4. The molecule has 0 spiro atoms. The Kier molecular flexibility index (Phi) is 4.63. The van der Waals surface area contributed by atoms with Crippen LogP contribution in [0.3, 0.4) is 0 Å². The highest BCUT2D eigenvalue weighted by atomic mass is 16.2. The number of H-pyrrole nitrogens is 1. The van der Waals surface area contributed by atoms with E-state index >= 15 is 0 Å². The van der Waals surface area contributed by atoms with Gasteiger partial charge in [0.25, 0.3) is 0 Å². The number of nitrogens with one attached hydrogen (secondary N) is 2. The van der Waals surface area contributed by atoms with Crippen LogP contribution in [-0.4, -0.2) is 75.7 Å². The van der Waals surface area contributed by atoms with Crippen LogP contribution in [0.25, 0.3) is 10.9 Å². The monoisotopic (exact) mass is 370 g/mol. The number of rotatable bonds is 3. The van der Waals surface area contributed by atoms with Crippen molar-refractivity contribution in [3.63, 3.8) is 0 Å². The standard InChI is InChI=1S/C19H26N6O2/c1-3-23-10-11-25(19(23)27)14-6-8-24(9-7-14)18(26)21-16-5-4-13(2)15-12-20-22-17(15)16/h4-5,12,14H,3,6-11H2,1-2H3,(H,20,22)(H,21,26). The number of amides is 4. The molecule has 1 aromatic heterocycles. The number of likely N-dealkylation sites (tertiary alicyclic amines) is 1. The fraction of sp³-hybridized carbons (Fsp3) is 0.526. The zero-order valence-electron chi connectivity index (χ0n) is 15.9. The van der Waals surface area contributed by atoms with Gasteiger partial charge in [-0.25, -0.2) is 9.59 Å². The fourth-order valence-electron chi connectivity index (χ4n) is 4.08. The van der Waals surface area contributed by atoms with Crippen LogP contribution < -0.4 is 5.32 Å². The van der Waals surface area contributed by atoms with Crippen LogP contribution in [-0.2, 0) is 0 Å². The van der Waals surface area contributed by atoms with Gasteiger partial charge < -0.3 is 20.0 Å². The van der Waals surface area contributed by atoms with Crippen molar-refractivity contribution >= 4 is 28.7 Å². The fourth-order valence-corrected chi connectivity index (χ4v) is 4.08. The van der Waals surface area contributed by atoms with Crippen molar-refractivity contribution in [2.75, 3.05) is 38.0 Å². The molecule has 8 nitrogen and oxygen atoms in total. The van der Waals surface area contributed by atoms with Crippen LogP contribution in [0.2, 0.25) is 0 Å². The van der Waals surface area contributed by atoms with E-state index in [1.807, 2.05) is 40.7 Å². The maximum atomic E-state index is 12.7. The van der Waals surface area contributed by atoms with Gasteiger partial charge in [-0.3, -0.25) is 5.10 Å². The van der Waals surface area contributed by atoms with Crippen LogP contribution in [0.5, 0.6) is 0 Å². The quantitative estimate of drug-likeness (QED) is 0.871. The van der Waals surface area contributed by atoms with E-state index in [4.69, 9.17) is 0 Å². The molecule has 144 valence electrons. The van der Waals surface area contributed by atoms with Crippen LogP contribution >= 0.6 is 0 Å². The third kappa shape index (κ3) is 3.20. The van der Waals surface area contributed by atoms with E-state index in [1.165, 1.54) is 0 Å². The molecule has 0 radical (unpaired) electrons. The maximum Gasteiger partial charge on any atom is 0.321 e. The van der Waals surface area contributed by atoms with E-state index < -0.39 is 0 Å². The number of carbonyl (C=O) groups is 2. The minimum Gasteiger partial charge on any atom is -0.324 e. The molecule has 27 heavy (non-hydrogen) atoms. The number of aromatic amines is 1. The summed E-state index contributed by atoms with van der Waals surface area (Å²) in [5.74, 6) is 0. The van der Waals surface area contributed by atoms with Crippen LogP contribution in [0, 0.1) is 6.92 Å². The van der Waals surface area contributed by atoms with Gasteiger partial charge in [-0.15, -0.1) is 0 Å². The van der Waals surface area contributed by atoms with Gasteiger partial charge >= 0.3 is 12.1 Å². The van der Waals surface area contributed by atoms with Gasteiger partial charge in [-0.1, -0.05) is 6.07 Å². The number of urea groups is 2. The number of carbonyl (C=O) groups excluding carboxylic acids is 2. The van der Waals surface area contributed by atoms with Gasteiger partial charge in [0.2, 0.25) is 0 Å². The maximum absolute atomic E-state index is 12.7. The van der Waals surface area contributed by atoms with Crippen molar-refractivity contribution in [1.82, 2.24) is 24.9 Å². The molecule has 0 bridgehead atoms. The molecule has 1 aromatic carbocycles. The van der Waals surface area contributed by atoms with Crippen molar-refractivity contribution in [2.24, 2.45) is 0 Å². The molecule has 8 heteroatoms. The van der Waals surface area contributed by atoms with Gasteiger partial charge in [-0.05, 0) is 38.3 Å². The van der Waals surface area contributed by atoms with Gasteiger partial charge in [-0.2, -0.15) is 5.10 Å². The average molecular weight is 370 g/mol. The van der Waals surface area contributed by atoms with Crippen LogP contribution in [0.1, 0.15) is 25.3 Å². The molecule has 2 aliphatic rings. The molecule has 2 fully saturated rings. The minimum absolute atomic E-state index is 0.101. The molecule has 2 N–H and O–H groups in total. The highest BCUT2D eigenvalue weighted by molar-refractivity contribution is 6.00. The number of aryl methyl sites for hydroxylation is 1. The Bertz CT molecular complexity index is 855. The Balaban J connectivity index is 1.37. The van der Waals surface area contributed by atoms with Gasteiger partial charge in [0.15, 0.2) is 0 Å². The minimum atomic E-state index is -0.101. The Morgan fingerprint density at radius 2 is 2.04 bits per heavy atom. The summed E-state index contributed by atoms with van der Waals surface area (Å²) in [5, 5.41) is 11.1. The van der Waals surface area contributed by atoms with Crippen molar-refractivity contribution in [3.05, 3.63) is 23.9 Å². The Morgan fingerprint density at radius 3 is 2.74 bits per heavy atom. The SMILES string of the molecule is CCN1CCN(C2CCN(C(=O)Nc3ccc(C)c4cn[nH]c34)CC2)C1=O. The molecule has 0 saturated carbocycles. The van der Waals surface area contributed by atoms with E-state index in [0.717, 1.165) is 54.6 Å². The van der Waals surface area contributed by atoms with Gasteiger partial charge in [0.05, 0.1) is 17.4 Å². The zero-order valence-corrected chi connectivity index (χ0v) is 15.9. The number of aromatic nitrogens is 2. The molecule has 3 heterocycles. The number of hydrogen-bond donors (Lipinski definition) is 2. The van der Waals surface area contributed by atoms with Crippen molar-refractivity contribution in [3.8, 4) is 0 Å². The summed E-state index contributed by atoms with van der Waals surface area (Å²) >= 11 is 0. The van der Waals surface area contributed by atoms with E-state index in [1.54, 1.807) is 6.20 Å². The predicted molar refractivity (Wildman–Crippen MR) is 104 cm³/mol. The highest BCUT2D eigenvalue weighted by Crippen LogP contribution is 2.25. The second-order valence-corrected chi connectivity index (χ2v) is 7.29. The third-order valence-electron chi connectivity index (χ3n) is 5.78. The zero-order chi connectivity index (χ0) is 19.0. The predicted octanol–water partition coefficient (Wildman–Crippen LogP) is 2.63. The lowest BCUT2D eigenvalue weighted by molar-refractivity contribution is 0.140. The van der Waals surface area contributed by atoms with Gasteiger partial charge in [0.1, 0.15) is 0 Å². The lowest BCUT2D eigenvalue weighted by Crippen LogP contribution is -2.49. The number of piperidine rings is 1. The average Bonchev–Trinajstić information content (AvgIpc) is 3.31. The van der Waals surface area contributed by atoms with E-state index in [-0.39, 0.29) is 18.1 Å². The van der Waals surface area contributed by atoms with E-state index in [2.05, 4.69) is 15.5 Å². The van der Waals surface area contributed by atoms with Crippen molar-refractivity contribution in [1.29, 1.82) is 0 Å². The molecule has 0 aliphatic carbocycles. The molecular formula is C19H26N6O2. The Hall–Kier alpha value is -2.77. The number of likely N-dealkylation sites (N-methyl/N-ethyl adjacent to an activating group) is 1. The lowest BCUT2D eigenvalue weighted by atomic mass is 10.0. The first-order chi connectivity index (χ1) is 13.1. The largest absolute Gasteiger partial charge is 0.324 e. The highest BCUT2D eigenvalue weighted by Gasteiger charge is 2.35. The molecule has 4 amide bonds. The first-order valence-electron chi connectivity index (χ1n) is 9.62. The second-order valence-electron chi connectivity index (χ2n) is 7.29. The first kappa shape index (κ1) is 17.6. The lowest BCUT2D eigenvalue weighted by Gasteiger charge is -2.36. The van der Waals surface area contributed by atoms with Gasteiger partial charge in [0, 0.05) is 44.2 Å². The first-order valence-corrected chi connectivity index (χ1v) is 9.62. The third-order valence-corrected chi connectivity index (χ3v) is 5.78. The topological polar surface area (TPSA) is 84.6 Å². The van der Waals surface area contributed by atoms with Crippen LogP contribution in [0.15, 0.2) is 18.3 Å². The summed E-state index contributed by atoms with van der Waals surface area (Å²) in [6, 6.07) is 4.16. The summed E-state index contributed by atoms with van der Waals surface area (Å²) in [4.78, 5) is 30.8. The number of fused-ring (bicyclic) bond motifs is 1. The summed E-state index contributed by atoms with van der Waals surface area (Å²) in [7, 11) is 0. The number of hydrogen-bond acceptors (Lipinski definition) is 3. The van der Waals surface area contributed by atoms with Crippen LogP contribution in [0.4, 0.5) is 15.3 Å². The number of benzene rings is 1. The Labute approximate surface area is 158 Å². The molecule has 4 rings (SSSR count). The van der Waals surface area contributed by atoms with E-state index in [9.17, 15) is 9.59 Å². The molecule has 0 unspecified atom stereocenters. The van der Waals surface area contributed by atoms with E-state index in [0.29, 0.717) is 13.1 Å². The second kappa shape index (κ2) is 7.09. The molecule has 2 aliphatic heterocycles. The summed E-state index contributed by atoms with van der Waals surface area (Å²) in [6.45, 7) is 7.71. The summed E-state index contributed by atoms with van der Waals surface area (Å²) < 4.78 is 0. The van der Waals surface area contributed by atoms with Crippen molar-refractivity contribution in [2.45, 2.75) is 32.7 Å². The van der Waals surface area contributed by atoms with Crippen molar-refractivity contribution < 1.29 is 9.59 Å². The molecule has 2 saturated heterocycles. The smallest absolute Gasteiger partial charge is 0.321 e. The number of anilines is 1. The summed E-state index contributed by atoms with van der Waals surface area (Å²) in [5.41, 5.74) is 2.71. The molecule has 2 aromatic rings.